The van der Waals surface area contributed by atoms with Crippen molar-refractivity contribution in [3.63, 3.8) is 0 Å². The quantitative estimate of drug-likeness (QED) is 0.216. The van der Waals surface area contributed by atoms with Gasteiger partial charge in [-0.2, -0.15) is 4.58 Å². The summed E-state index contributed by atoms with van der Waals surface area (Å²) in [5, 5.41) is 5.40. The van der Waals surface area contributed by atoms with Gasteiger partial charge in [0.1, 0.15) is 6.54 Å². The van der Waals surface area contributed by atoms with Crippen molar-refractivity contribution >= 4 is 38.6 Å². The summed E-state index contributed by atoms with van der Waals surface area (Å²) in [5.41, 5.74) is 8.26. The number of fused-ring (bicyclic) bond motifs is 6. The van der Waals surface area contributed by atoms with Gasteiger partial charge in [0.15, 0.2) is 5.71 Å². The molecular weight excluding hydrogens is 620 g/mol. The predicted molar refractivity (Wildman–Crippen MR) is 187 cm³/mol. The zero-order valence-electron chi connectivity index (χ0n) is 29.5. The van der Waals surface area contributed by atoms with Gasteiger partial charge in [0.2, 0.25) is 5.69 Å². The van der Waals surface area contributed by atoms with E-state index in [4.69, 9.17) is 18.6 Å². The molecular formula is C41H49ClN2O4. The van der Waals surface area contributed by atoms with Gasteiger partial charge in [-0.1, -0.05) is 102 Å². The van der Waals surface area contributed by atoms with Crippen molar-refractivity contribution in [1.82, 2.24) is 0 Å². The Morgan fingerprint density at radius 1 is 0.708 bits per heavy atom. The lowest BCUT2D eigenvalue weighted by atomic mass is 9.79. The van der Waals surface area contributed by atoms with E-state index in [-0.39, 0.29) is 10.8 Å². The minimum absolute atomic E-state index is 0.0934. The second-order valence-corrected chi connectivity index (χ2v) is 15.7. The lowest BCUT2D eigenvalue weighted by Crippen LogP contribution is -2.68. The van der Waals surface area contributed by atoms with Crippen molar-refractivity contribution in [2.45, 2.75) is 79.1 Å². The summed E-state index contributed by atoms with van der Waals surface area (Å²) < 4.78 is 36.6. The average Bonchev–Trinajstić information content (AvgIpc) is 3.36. The number of benzene rings is 4. The number of hydrogen-bond acceptors (Lipinski definition) is 5. The van der Waals surface area contributed by atoms with Crippen molar-refractivity contribution in [2.75, 3.05) is 18.0 Å². The lowest BCUT2D eigenvalue weighted by molar-refractivity contribution is -2.00. The lowest BCUT2D eigenvalue weighted by Gasteiger charge is -2.27. The second kappa shape index (κ2) is 13.8. The van der Waals surface area contributed by atoms with Gasteiger partial charge < -0.3 is 4.90 Å². The Bertz CT molecular complexity index is 1890. The van der Waals surface area contributed by atoms with E-state index in [1.165, 1.54) is 68.3 Å². The van der Waals surface area contributed by atoms with E-state index >= 15 is 0 Å². The summed E-state index contributed by atoms with van der Waals surface area (Å²) in [6.07, 6.45) is 9.51. The Kier molecular flexibility index (Phi) is 10.3. The fourth-order valence-electron chi connectivity index (χ4n) is 7.56. The van der Waals surface area contributed by atoms with E-state index < -0.39 is 10.2 Å². The van der Waals surface area contributed by atoms with Crippen LogP contribution in [-0.2, 0) is 10.8 Å². The molecule has 6 nitrogen and oxygen atoms in total. The molecule has 48 heavy (non-hydrogen) atoms. The highest BCUT2D eigenvalue weighted by atomic mass is 35.7. The zero-order valence-corrected chi connectivity index (χ0v) is 30.3. The summed E-state index contributed by atoms with van der Waals surface area (Å²) in [4.78, 5) is 2.61. The molecule has 4 aromatic rings. The minimum atomic E-state index is -4.94. The van der Waals surface area contributed by atoms with Crippen molar-refractivity contribution in [1.29, 1.82) is 0 Å². The standard InChI is InChI=1S/C41H49N2.ClHO4/c1-28(2)24-26-42-34-22-20-30-14-9-11-16-32(30)38(34)40(5,6)36(42)18-13-19-37-41(7,8)39-33-17-12-10-15-31(33)21-23-35(39)43(37)27-25-29(3)4;2-1(3,4)5/h9-23,28-29H,24-27H2,1-8H3;(H,2,3,4,5)/q+1;/p-1. The Hall–Kier alpha value is -3.52. The highest BCUT2D eigenvalue weighted by molar-refractivity contribution is 6.07. The van der Waals surface area contributed by atoms with Crippen LogP contribution >= 0.6 is 0 Å². The maximum atomic E-state index is 8.49. The van der Waals surface area contributed by atoms with Crippen LogP contribution in [0.3, 0.4) is 0 Å². The van der Waals surface area contributed by atoms with Gasteiger partial charge in [-0.05, 0) is 77.4 Å². The van der Waals surface area contributed by atoms with E-state index in [1.54, 1.807) is 0 Å². The first-order chi connectivity index (χ1) is 22.5. The van der Waals surface area contributed by atoms with Gasteiger partial charge in [0.05, 0.1) is 5.41 Å². The van der Waals surface area contributed by atoms with Crippen molar-refractivity contribution < 1.29 is 33.5 Å². The Morgan fingerprint density at radius 3 is 1.83 bits per heavy atom. The zero-order chi connectivity index (χ0) is 35.0. The van der Waals surface area contributed by atoms with Crippen LogP contribution in [0.25, 0.3) is 21.5 Å². The maximum Gasteiger partial charge on any atom is 0.210 e. The molecule has 2 aliphatic heterocycles. The minimum Gasteiger partial charge on any atom is -0.344 e. The van der Waals surface area contributed by atoms with Crippen molar-refractivity contribution in [3.05, 3.63) is 108 Å². The summed E-state index contributed by atoms with van der Waals surface area (Å²) in [5.74, 6) is 1.31. The number of nitrogens with zero attached hydrogens (tertiary/aromatic N) is 2. The fourth-order valence-corrected chi connectivity index (χ4v) is 7.56. The third-order valence-corrected chi connectivity index (χ3v) is 9.88. The average molecular weight is 669 g/mol. The fraction of sp³-hybridized carbons (Fsp3) is 0.390. The maximum absolute atomic E-state index is 8.49. The SMILES string of the molecule is CC(C)CCN1C(=CC=CC2=[N+](CCC(C)C)c3ccc4ccccc4c3C2(C)C)C(C)(C)c2c1ccc1ccccc21.[O-][Cl+3]([O-])([O-])[O-]. The van der Waals surface area contributed by atoms with E-state index in [1.807, 2.05) is 0 Å². The van der Waals surface area contributed by atoms with Crippen LogP contribution in [0, 0.1) is 22.1 Å². The van der Waals surface area contributed by atoms with Gasteiger partial charge in [-0.25, -0.2) is 18.6 Å². The van der Waals surface area contributed by atoms with Crippen LogP contribution in [-0.4, -0.2) is 23.4 Å². The van der Waals surface area contributed by atoms with Crippen LogP contribution in [0.5, 0.6) is 0 Å². The first-order valence-corrected chi connectivity index (χ1v) is 18.2. The third-order valence-electron chi connectivity index (χ3n) is 9.88. The summed E-state index contributed by atoms with van der Waals surface area (Å²) in [7, 11) is -4.94. The molecule has 254 valence electrons. The molecule has 0 aromatic heterocycles. The largest absolute Gasteiger partial charge is 0.344 e. The highest BCUT2D eigenvalue weighted by Crippen LogP contribution is 2.51. The Balaban J connectivity index is 0.000000840. The number of anilines is 1. The van der Waals surface area contributed by atoms with Crippen LogP contribution in [0.4, 0.5) is 11.4 Å². The summed E-state index contributed by atoms with van der Waals surface area (Å²) in [6.45, 7) is 21.0. The molecule has 0 amide bonds. The van der Waals surface area contributed by atoms with Gasteiger partial charge in [0.25, 0.3) is 0 Å². The molecule has 0 aliphatic carbocycles. The number of hydrogen-bond donors (Lipinski definition) is 0. The van der Waals surface area contributed by atoms with E-state index in [0.29, 0.717) is 11.8 Å². The van der Waals surface area contributed by atoms with Gasteiger partial charge in [-0.3, -0.25) is 0 Å². The van der Waals surface area contributed by atoms with Crippen LogP contribution in [0.1, 0.15) is 79.4 Å². The second-order valence-electron chi connectivity index (χ2n) is 15.0. The van der Waals surface area contributed by atoms with Crippen LogP contribution < -0.4 is 23.5 Å². The Morgan fingerprint density at radius 2 is 1.25 bits per heavy atom. The van der Waals surface area contributed by atoms with Gasteiger partial charge >= 0.3 is 0 Å². The van der Waals surface area contributed by atoms with Crippen LogP contribution in [0.2, 0.25) is 0 Å². The molecule has 0 saturated carbocycles. The summed E-state index contributed by atoms with van der Waals surface area (Å²) in [6, 6.07) is 27.1. The highest BCUT2D eigenvalue weighted by Gasteiger charge is 2.46. The van der Waals surface area contributed by atoms with Crippen LogP contribution in [0.15, 0.2) is 96.7 Å². The first-order valence-electron chi connectivity index (χ1n) is 17.0. The molecule has 0 N–H and O–H groups in total. The molecule has 0 bridgehead atoms. The Labute approximate surface area is 288 Å². The van der Waals surface area contributed by atoms with E-state index in [2.05, 4.69) is 156 Å². The molecule has 0 atom stereocenters. The molecule has 2 heterocycles. The number of allylic oxidation sites excluding steroid dienone is 4. The molecule has 7 heteroatoms. The number of halogens is 1. The molecule has 0 saturated heterocycles. The molecule has 0 radical (unpaired) electrons. The van der Waals surface area contributed by atoms with Crippen molar-refractivity contribution in [2.24, 2.45) is 11.8 Å². The predicted octanol–water partition coefficient (Wildman–Crippen LogP) is 5.94. The molecule has 4 aromatic carbocycles. The van der Waals surface area contributed by atoms with E-state index in [0.717, 1.165) is 13.1 Å². The molecule has 0 spiro atoms. The molecule has 2 aliphatic rings. The summed E-state index contributed by atoms with van der Waals surface area (Å²) >= 11 is 0. The molecule has 0 unspecified atom stereocenters. The first kappa shape index (κ1) is 35.8. The third kappa shape index (κ3) is 7.24. The topological polar surface area (TPSA) is 98.5 Å². The number of rotatable bonds is 8. The van der Waals surface area contributed by atoms with Gasteiger partial charge in [-0.15, -0.1) is 10.2 Å². The smallest absolute Gasteiger partial charge is 0.210 e. The molecule has 0 fully saturated rings. The van der Waals surface area contributed by atoms with Crippen molar-refractivity contribution in [3.8, 4) is 0 Å². The monoisotopic (exact) mass is 668 g/mol. The van der Waals surface area contributed by atoms with Gasteiger partial charge in [0, 0.05) is 47.5 Å². The van der Waals surface area contributed by atoms with E-state index in [9.17, 15) is 0 Å². The normalized spacial score (nSPS) is 17.6. The molecule has 6 rings (SSSR count).